The molecule has 0 atom stereocenters. The summed E-state index contributed by atoms with van der Waals surface area (Å²) in [5.74, 6) is 1.33. The molecule has 1 amide bonds. The number of rotatable bonds is 7. The Labute approximate surface area is 134 Å². The average molecular weight is 316 g/mol. The van der Waals surface area contributed by atoms with E-state index < -0.39 is 0 Å². The molecule has 0 unspecified atom stereocenters. The predicted octanol–water partition coefficient (Wildman–Crippen LogP) is 1.39. The largest absolute Gasteiger partial charge is 0.497 e. The molecule has 0 bridgehead atoms. The zero-order valence-electron chi connectivity index (χ0n) is 13.3. The highest BCUT2D eigenvalue weighted by molar-refractivity contribution is 5.75. The number of carbonyl (C=O) groups is 1. The first-order valence-corrected chi connectivity index (χ1v) is 7.26. The van der Waals surface area contributed by atoms with Gasteiger partial charge in [-0.25, -0.2) is 0 Å². The number of ether oxygens (including phenoxy) is 2. The molecule has 2 rings (SSSR count). The monoisotopic (exact) mass is 316 g/mol. The Morgan fingerprint density at radius 3 is 2.48 bits per heavy atom. The van der Waals surface area contributed by atoms with Gasteiger partial charge in [0.1, 0.15) is 24.7 Å². The van der Waals surface area contributed by atoms with Crippen molar-refractivity contribution in [1.82, 2.24) is 9.47 Å². The van der Waals surface area contributed by atoms with Crippen LogP contribution in [0.1, 0.15) is 0 Å². The molecule has 0 saturated heterocycles. The second kappa shape index (κ2) is 8.03. The van der Waals surface area contributed by atoms with Gasteiger partial charge in [0, 0.05) is 19.3 Å². The number of aromatic nitrogens is 1. The molecule has 1 aromatic carbocycles. The van der Waals surface area contributed by atoms with E-state index in [1.54, 1.807) is 37.4 Å². The van der Waals surface area contributed by atoms with Gasteiger partial charge >= 0.3 is 0 Å². The number of nitrogens with zero attached hydrogens (tertiary/aromatic N) is 2. The van der Waals surface area contributed by atoms with Gasteiger partial charge in [0.25, 0.3) is 5.56 Å². The lowest BCUT2D eigenvalue weighted by Crippen LogP contribution is -2.35. The molecule has 0 radical (unpaired) electrons. The molecule has 6 heteroatoms. The number of methoxy groups -OCH3 is 1. The zero-order chi connectivity index (χ0) is 16.7. The predicted molar refractivity (Wildman–Crippen MR) is 86.8 cm³/mol. The molecule has 122 valence electrons. The van der Waals surface area contributed by atoms with Crippen LogP contribution >= 0.6 is 0 Å². The van der Waals surface area contributed by atoms with Crippen LogP contribution in [-0.2, 0) is 11.3 Å². The first-order valence-electron chi connectivity index (χ1n) is 7.26. The van der Waals surface area contributed by atoms with Crippen LogP contribution in [0.5, 0.6) is 11.5 Å². The van der Waals surface area contributed by atoms with Crippen LogP contribution in [0.15, 0.2) is 53.5 Å². The van der Waals surface area contributed by atoms with Crippen molar-refractivity contribution in [3.05, 3.63) is 59.0 Å². The van der Waals surface area contributed by atoms with Crippen LogP contribution in [-0.4, -0.2) is 42.7 Å². The fraction of sp³-hybridized carbons (Fsp3) is 0.294. The first kappa shape index (κ1) is 16.6. The number of hydrogen-bond acceptors (Lipinski definition) is 4. The van der Waals surface area contributed by atoms with Crippen molar-refractivity contribution >= 4 is 5.91 Å². The summed E-state index contributed by atoms with van der Waals surface area (Å²) in [6, 6.07) is 12.0. The van der Waals surface area contributed by atoms with Gasteiger partial charge in [-0.2, -0.15) is 0 Å². The van der Waals surface area contributed by atoms with Gasteiger partial charge < -0.3 is 18.9 Å². The van der Waals surface area contributed by atoms with Crippen molar-refractivity contribution in [1.29, 1.82) is 0 Å². The summed E-state index contributed by atoms with van der Waals surface area (Å²) < 4.78 is 12.0. The second-order valence-electron chi connectivity index (χ2n) is 5.01. The third-order valence-corrected chi connectivity index (χ3v) is 3.39. The number of amides is 1. The lowest BCUT2D eigenvalue weighted by molar-refractivity contribution is -0.130. The van der Waals surface area contributed by atoms with Gasteiger partial charge in [0.2, 0.25) is 5.91 Å². The maximum absolute atomic E-state index is 12.1. The average Bonchev–Trinajstić information content (AvgIpc) is 2.57. The summed E-state index contributed by atoms with van der Waals surface area (Å²) in [6.45, 7) is 0.837. The Morgan fingerprint density at radius 2 is 1.83 bits per heavy atom. The first-order chi connectivity index (χ1) is 11.1. The van der Waals surface area contributed by atoms with Crippen LogP contribution in [0, 0.1) is 0 Å². The van der Waals surface area contributed by atoms with E-state index in [0.29, 0.717) is 18.9 Å². The maximum Gasteiger partial charge on any atom is 0.250 e. The standard InChI is InChI=1S/C17H20N2O4/c1-18(17(21)13-19-10-4-3-5-16(19)20)11-12-23-15-8-6-14(22-2)7-9-15/h3-10H,11-13H2,1-2H3. The van der Waals surface area contributed by atoms with Crippen LogP contribution in [0.2, 0.25) is 0 Å². The van der Waals surface area contributed by atoms with Crippen LogP contribution in [0.25, 0.3) is 0 Å². The SMILES string of the molecule is COc1ccc(OCCN(C)C(=O)Cn2ccccc2=O)cc1. The van der Waals surface area contributed by atoms with Crippen molar-refractivity contribution in [2.24, 2.45) is 0 Å². The number of pyridine rings is 1. The van der Waals surface area contributed by atoms with E-state index in [4.69, 9.17) is 9.47 Å². The van der Waals surface area contributed by atoms with Crippen LogP contribution in [0.4, 0.5) is 0 Å². The van der Waals surface area contributed by atoms with Crippen LogP contribution in [0.3, 0.4) is 0 Å². The normalized spacial score (nSPS) is 10.2. The van der Waals surface area contributed by atoms with Crippen molar-refractivity contribution in [2.45, 2.75) is 6.54 Å². The third-order valence-electron chi connectivity index (χ3n) is 3.39. The summed E-state index contributed by atoms with van der Waals surface area (Å²) in [6.07, 6.45) is 1.60. The molecular weight excluding hydrogens is 296 g/mol. The van der Waals surface area contributed by atoms with Gasteiger partial charge in [0.05, 0.1) is 13.7 Å². The van der Waals surface area contributed by atoms with Gasteiger partial charge in [-0.3, -0.25) is 9.59 Å². The lowest BCUT2D eigenvalue weighted by atomic mass is 10.3. The van der Waals surface area contributed by atoms with Crippen molar-refractivity contribution in [3.8, 4) is 11.5 Å². The molecule has 6 nitrogen and oxygen atoms in total. The molecule has 1 heterocycles. The molecule has 23 heavy (non-hydrogen) atoms. The topological polar surface area (TPSA) is 60.8 Å². The molecule has 0 aliphatic carbocycles. The van der Waals surface area contributed by atoms with Crippen molar-refractivity contribution in [3.63, 3.8) is 0 Å². The molecule has 0 N–H and O–H groups in total. The molecule has 0 aliphatic heterocycles. The highest BCUT2D eigenvalue weighted by Crippen LogP contribution is 2.16. The summed E-state index contributed by atoms with van der Waals surface area (Å²) >= 11 is 0. The summed E-state index contributed by atoms with van der Waals surface area (Å²) in [4.78, 5) is 25.2. The molecular formula is C17H20N2O4. The van der Waals surface area contributed by atoms with Crippen LogP contribution < -0.4 is 15.0 Å². The molecule has 0 fully saturated rings. The number of benzene rings is 1. The highest BCUT2D eigenvalue weighted by Gasteiger charge is 2.10. The smallest absolute Gasteiger partial charge is 0.250 e. The summed E-state index contributed by atoms with van der Waals surface area (Å²) in [5, 5.41) is 0. The van der Waals surface area contributed by atoms with E-state index in [0.717, 1.165) is 5.75 Å². The quantitative estimate of drug-likeness (QED) is 0.774. The number of likely N-dealkylation sites (N-methyl/N-ethyl adjacent to an activating group) is 1. The van der Waals surface area contributed by atoms with Crippen molar-refractivity contribution < 1.29 is 14.3 Å². The Morgan fingerprint density at radius 1 is 1.13 bits per heavy atom. The molecule has 0 spiro atoms. The van der Waals surface area contributed by atoms with Gasteiger partial charge in [-0.05, 0) is 30.3 Å². The fourth-order valence-corrected chi connectivity index (χ4v) is 1.95. The Kier molecular flexibility index (Phi) is 5.80. The minimum Gasteiger partial charge on any atom is -0.497 e. The van der Waals surface area contributed by atoms with E-state index in [-0.39, 0.29) is 18.0 Å². The Balaban J connectivity index is 1.79. The van der Waals surface area contributed by atoms with E-state index >= 15 is 0 Å². The molecule has 2 aromatic rings. The minimum atomic E-state index is -0.191. The van der Waals surface area contributed by atoms with E-state index in [1.165, 1.54) is 10.6 Å². The summed E-state index contributed by atoms with van der Waals surface area (Å²) in [5.41, 5.74) is -0.191. The van der Waals surface area contributed by atoms with Crippen molar-refractivity contribution in [2.75, 3.05) is 27.3 Å². The summed E-state index contributed by atoms with van der Waals surface area (Å²) in [7, 11) is 3.29. The lowest BCUT2D eigenvalue weighted by Gasteiger charge is -2.18. The zero-order valence-corrected chi connectivity index (χ0v) is 13.3. The molecule has 0 saturated carbocycles. The molecule has 1 aromatic heterocycles. The molecule has 0 aliphatic rings. The highest BCUT2D eigenvalue weighted by atomic mass is 16.5. The number of hydrogen-bond donors (Lipinski definition) is 0. The second-order valence-corrected chi connectivity index (χ2v) is 5.01. The third kappa shape index (κ3) is 4.88. The van der Waals surface area contributed by atoms with E-state index in [9.17, 15) is 9.59 Å². The Bertz CT molecular complexity index is 694. The van der Waals surface area contributed by atoms with Gasteiger partial charge in [-0.15, -0.1) is 0 Å². The fourth-order valence-electron chi connectivity index (χ4n) is 1.95. The van der Waals surface area contributed by atoms with Gasteiger partial charge in [-0.1, -0.05) is 6.07 Å². The van der Waals surface area contributed by atoms with Gasteiger partial charge in [0.15, 0.2) is 0 Å². The van der Waals surface area contributed by atoms with E-state index in [2.05, 4.69) is 0 Å². The minimum absolute atomic E-state index is 0.0265. The maximum atomic E-state index is 12.1. The number of carbonyl (C=O) groups excluding carboxylic acids is 1. The Hall–Kier alpha value is -2.76. The van der Waals surface area contributed by atoms with E-state index in [1.807, 2.05) is 24.3 Å².